The zero-order valence-electron chi connectivity index (χ0n) is 13.7. The van der Waals surface area contributed by atoms with Crippen molar-refractivity contribution in [3.8, 4) is 11.1 Å². The molecule has 1 saturated carbocycles. The normalized spacial score (nSPS) is 20.7. The van der Waals surface area contributed by atoms with Gasteiger partial charge in [-0.15, -0.1) is 0 Å². The third-order valence-electron chi connectivity index (χ3n) is 4.27. The molecular formula is C18H22N2O2S. The summed E-state index contributed by atoms with van der Waals surface area (Å²) in [4.78, 5) is 4.22. The maximum absolute atomic E-state index is 11.9. The molecule has 1 N–H and O–H groups in total. The Hall–Kier alpha value is -1.72. The van der Waals surface area contributed by atoms with Crippen molar-refractivity contribution in [1.82, 2.24) is 9.71 Å². The van der Waals surface area contributed by atoms with Gasteiger partial charge in [-0.2, -0.15) is 0 Å². The molecule has 0 radical (unpaired) electrons. The molecule has 1 aliphatic rings. The highest BCUT2D eigenvalue weighted by Crippen LogP contribution is 2.41. The van der Waals surface area contributed by atoms with Crippen molar-refractivity contribution in [2.75, 3.05) is 0 Å². The van der Waals surface area contributed by atoms with Crippen LogP contribution in [-0.2, 0) is 10.0 Å². The minimum Gasteiger partial charge on any atom is -0.264 e. The molecule has 1 fully saturated rings. The summed E-state index contributed by atoms with van der Waals surface area (Å²) in [6.07, 6.45) is 4.57. The SMILES string of the molecule is Cc1cncc(-c2ccc([C@H]3C[C@@H]3NS(=O)(=O)C(C)C)cc2)c1. The second-order valence-electron chi connectivity index (χ2n) is 6.53. The minimum atomic E-state index is -3.19. The van der Waals surface area contributed by atoms with Gasteiger partial charge in [0, 0.05) is 29.9 Å². The van der Waals surface area contributed by atoms with Crippen LogP contribution in [0.5, 0.6) is 0 Å². The molecule has 0 amide bonds. The molecule has 1 aromatic heterocycles. The molecular weight excluding hydrogens is 308 g/mol. The first kappa shape index (κ1) is 16.1. The summed E-state index contributed by atoms with van der Waals surface area (Å²) in [5, 5.41) is -0.389. The van der Waals surface area contributed by atoms with Crippen LogP contribution in [0, 0.1) is 6.92 Å². The van der Waals surface area contributed by atoms with Gasteiger partial charge in [-0.1, -0.05) is 24.3 Å². The number of nitrogens with one attached hydrogen (secondary N) is 1. The number of aromatic nitrogens is 1. The summed E-state index contributed by atoms with van der Waals surface area (Å²) >= 11 is 0. The van der Waals surface area contributed by atoms with E-state index in [1.165, 1.54) is 5.56 Å². The lowest BCUT2D eigenvalue weighted by Gasteiger charge is -2.09. The molecule has 0 unspecified atom stereocenters. The van der Waals surface area contributed by atoms with E-state index in [4.69, 9.17) is 0 Å². The molecule has 5 heteroatoms. The number of hydrogen-bond donors (Lipinski definition) is 1. The lowest BCUT2D eigenvalue weighted by atomic mass is 10.0. The van der Waals surface area contributed by atoms with Crippen molar-refractivity contribution in [3.63, 3.8) is 0 Å². The highest BCUT2D eigenvalue weighted by Gasteiger charge is 2.41. The molecule has 1 heterocycles. The Morgan fingerprint density at radius 3 is 2.43 bits per heavy atom. The number of benzene rings is 1. The van der Waals surface area contributed by atoms with Crippen LogP contribution < -0.4 is 4.72 Å². The van der Waals surface area contributed by atoms with Crippen LogP contribution in [0.25, 0.3) is 11.1 Å². The molecule has 0 spiro atoms. The van der Waals surface area contributed by atoms with Gasteiger partial charge in [-0.05, 0) is 49.9 Å². The number of hydrogen-bond acceptors (Lipinski definition) is 3. The van der Waals surface area contributed by atoms with Gasteiger partial charge in [0.25, 0.3) is 0 Å². The largest absolute Gasteiger partial charge is 0.264 e. The van der Waals surface area contributed by atoms with Crippen LogP contribution in [-0.4, -0.2) is 24.7 Å². The van der Waals surface area contributed by atoms with Gasteiger partial charge >= 0.3 is 0 Å². The Kier molecular flexibility index (Phi) is 4.25. The minimum absolute atomic E-state index is 0.0360. The average Bonchev–Trinajstić information content (AvgIpc) is 3.25. The Balaban J connectivity index is 1.70. The fourth-order valence-electron chi connectivity index (χ4n) is 2.68. The van der Waals surface area contributed by atoms with E-state index >= 15 is 0 Å². The molecule has 3 rings (SSSR count). The van der Waals surface area contributed by atoms with Gasteiger partial charge in [-0.25, -0.2) is 13.1 Å². The predicted molar refractivity (Wildman–Crippen MR) is 92.7 cm³/mol. The molecule has 23 heavy (non-hydrogen) atoms. The van der Waals surface area contributed by atoms with Gasteiger partial charge in [0.1, 0.15) is 0 Å². The van der Waals surface area contributed by atoms with Crippen LogP contribution in [0.2, 0.25) is 0 Å². The summed E-state index contributed by atoms with van der Waals surface area (Å²) in [5.74, 6) is 0.285. The van der Waals surface area contributed by atoms with E-state index < -0.39 is 10.0 Å². The van der Waals surface area contributed by atoms with Gasteiger partial charge in [-0.3, -0.25) is 4.98 Å². The predicted octanol–water partition coefficient (Wildman–Crippen LogP) is 3.24. The average molecular weight is 330 g/mol. The van der Waals surface area contributed by atoms with E-state index in [-0.39, 0.29) is 17.2 Å². The van der Waals surface area contributed by atoms with E-state index in [1.807, 2.05) is 19.3 Å². The molecule has 2 atom stereocenters. The topological polar surface area (TPSA) is 59.1 Å². The first-order valence-electron chi connectivity index (χ1n) is 7.90. The Morgan fingerprint density at radius 1 is 1.13 bits per heavy atom. The van der Waals surface area contributed by atoms with Crippen molar-refractivity contribution in [2.45, 2.75) is 44.4 Å². The van der Waals surface area contributed by atoms with Gasteiger partial charge in [0.05, 0.1) is 5.25 Å². The highest BCUT2D eigenvalue weighted by molar-refractivity contribution is 7.90. The zero-order valence-corrected chi connectivity index (χ0v) is 14.5. The molecule has 0 bridgehead atoms. The quantitative estimate of drug-likeness (QED) is 0.915. The van der Waals surface area contributed by atoms with Crippen molar-refractivity contribution >= 4 is 10.0 Å². The maximum atomic E-state index is 11.9. The number of rotatable bonds is 5. The smallest absolute Gasteiger partial charge is 0.214 e. The lowest BCUT2D eigenvalue weighted by Crippen LogP contribution is -2.33. The van der Waals surface area contributed by atoms with Crippen molar-refractivity contribution < 1.29 is 8.42 Å². The summed E-state index contributed by atoms with van der Waals surface area (Å²) in [6.45, 7) is 5.43. The van der Waals surface area contributed by atoms with Crippen molar-refractivity contribution in [2.24, 2.45) is 0 Å². The zero-order chi connectivity index (χ0) is 16.6. The van der Waals surface area contributed by atoms with Crippen LogP contribution >= 0.6 is 0 Å². The summed E-state index contributed by atoms with van der Waals surface area (Å²) in [6, 6.07) is 10.5. The molecule has 1 aliphatic carbocycles. The Labute approximate surface area is 138 Å². The first-order valence-corrected chi connectivity index (χ1v) is 9.44. The maximum Gasteiger partial charge on any atom is 0.214 e. The second kappa shape index (κ2) is 6.06. The first-order chi connectivity index (χ1) is 10.9. The molecule has 122 valence electrons. The summed E-state index contributed by atoms with van der Waals surface area (Å²) in [7, 11) is -3.19. The lowest BCUT2D eigenvalue weighted by molar-refractivity contribution is 0.571. The fourth-order valence-corrected chi connectivity index (χ4v) is 3.63. The van der Waals surface area contributed by atoms with Crippen LogP contribution in [0.4, 0.5) is 0 Å². The molecule has 2 aromatic rings. The number of pyridine rings is 1. The summed E-state index contributed by atoms with van der Waals surface area (Å²) in [5.41, 5.74) is 4.55. The van der Waals surface area contributed by atoms with E-state index in [9.17, 15) is 8.42 Å². The Morgan fingerprint density at radius 2 is 1.83 bits per heavy atom. The molecule has 0 aliphatic heterocycles. The van der Waals surface area contributed by atoms with Gasteiger partial charge in [0.15, 0.2) is 0 Å². The molecule has 1 aromatic carbocycles. The van der Waals surface area contributed by atoms with Gasteiger partial charge < -0.3 is 0 Å². The fraction of sp³-hybridized carbons (Fsp3) is 0.389. The van der Waals surface area contributed by atoms with Crippen LogP contribution in [0.15, 0.2) is 42.7 Å². The molecule has 4 nitrogen and oxygen atoms in total. The van der Waals surface area contributed by atoms with Crippen LogP contribution in [0.1, 0.15) is 37.3 Å². The number of sulfonamides is 1. The highest BCUT2D eigenvalue weighted by atomic mass is 32.2. The van der Waals surface area contributed by atoms with Gasteiger partial charge in [0.2, 0.25) is 10.0 Å². The number of nitrogens with zero attached hydrogens (tertiary/aromatic N) is 1. The third-order valence-corrected chi connectivity index (χ3v) is 6.15. The van der Waals surface area contributed by atoms with Crippen molar-refractivity contribution in [1.29, 1.82) is 0 Å². The van der Waals surface area contributed by atoms with Crippen LogP contribution in [0.3, 0.4) is 0 Å². The molecule has 0 saturated heterocycles. The van der Waals surface area contributed by atoms with E-state index in [2.05, 4.69) is 40.0 Å². The van der Waals surface area contributed by atoms with E-state index in [0.717, 1.165) is 23.1 Å². The number of aryl methyl sites for hydroxylation is 1. The second-order valence-corrected chi connectivity index (χ2v) is 8.80. The third kappa shape index (κ3) is 3.62. The standard InChI is InChI=1S/C18H22N2O2S/c1-12(2)23(21,22)20-18-9-17(18)15-6-4-14(5-7-15)16-8-13(3)10-19-11-16/h4-8,10-12,17-18,20H,9H2,1-3H3/t17-,18+/m1/s1. The van der Waals surface area contributed by atoms with E-state index in [0.29, 0.717) is 0 Å². The Bertz CT molecular complexity index is 798. The monoisotopic (exact) mass is 330 g/mol. The van der Waals surface area contributed by atoms with Crippen molar-refractivity contribution in [3.05, 3.63) is 53.9 Å². The summed E-state index contributed by atoms with van der Waals surface area (Å²) < 4.78 is 26.6. The van der Waals surface area contributed by atoms with E-state index in [1.54, 1.807) is 13.8 Å².